The van der Waals surface area contributed by atoms with Gasteiger partial charge in [-0.25, -0.2) is 9.97 Å². The number of nitro benzene ring substituents is 1. The maximum absolute atomic E-state index is 10.7. The third-order valence-corrected chi connectivity index (χ3v) is 3.00. The van der Waals surface area contributed by atoms with Crippen LogP contribution in [0, 0.1) is 17.0 Å². The molecule has 1 aromatic heterocycles. The quantitative estimate of drug-likeness (QED) is 0.489. The molecular formula is C11H7Cl2N3O3. The average Bonchev–Trinajstić information content (AvgIpc) is 2.37. The van der Waals surface area contributed by atoms with E-state index in [1.165, 1.54) is 24.5 Å². The molecule has 6 nitrogen and oxygen atoms in total. The first-order valence-electron chi connectivity index (χ1n) is 5.08. The van der Waals surface area contributed by atoms with E-state index >= 15 is 0 Å². The summed E-state index contributed by atoms with van der Waals surface area (Å²) < 4.78 is 5.44. The minimum atomic E-state index is -0.539. The maximum atomic E-state index is 10.7. The molecule has 0 aliphatic carbocycles. The molecule has 0 atom stereocenters. The van der Waals surface area contributed by atoms with E-state index in [0.29, 0.717) is 5.56 Å². The van der Waals surface area contributed by atoms with Crippen LogP contribution in [0.4, 0.5) is 5.69 Å². The van der Waals surface area contributed by atoms with E-state index in [-0.39, 0.29) is 27.5 Å². The largest absolute Gasteiger partial charge is 0.437 e. The van der Waals surface area contributed by atoms with E-state index in [2.05, 4.69) is 9.97 Å². The molecule has 0 N–H and O–H groups in total. The van der Waals surface area contributed by atoms with Crippen LogP contribution in [-0.4, -0.2) is 14.9 Å². The van der Waals surface area contributed by atoms with Crippen LogP contribution in [-0.2, 0) is 0 Å². The van der Waals surface area contributed by atoms with E-state index in [9.17, 15) is 10.1 Å². The van der Waals surface area contributed by atoms with Crippen LogP contribution in [0.15, 0.2) is 24.5 Å². The number of aromatic nitrogens is 2. The highest BCUT2D eigenvalue weighted by Gasteiger charge is 2.14. The molecule has 98 valence electrons. The van der Waals surface area contributed by atoms with Crippen LogP contribution in [0.1, 0.15) is 5.56 Å². The molecule has 1 heterocycles. The average molecular weight is 300 g/mol. The Labute approximate surface area is 118 Å². The molecule has 0 radical (unpaired) electrons. The topological polar surface area (TPSA) is 78.2 Å². The fourth-order valence-corrected chi connectivity index (χ4v) is 1.59. The molecule has 0 saturated heterocycles. The smallest absolute Gasteiger partial charge is 0.273 e. The molecule has 0 unspecified atom stereocenters. The maximum Gasteiger partial charge on any atom is 0.273 e. The van der Waals surface area contributed by atoms with Crippen molar-refractivity contribution >= 4 is 28.9 Å². The summed E-state index contributed by atoms with van der Waals surface area (Å²) in [5, 5.41) is 11.2. The van der Waals surface area contributed by atoms with E-state index in [0.717, 1.165) is 0 Å². The van der Waals surface area contributed by atoms with Gasteiger partial charge in [0.25, 0.3) is 5.69 Å². The third-order valence-electron chi connectivity index (χ3n) is 2.31. The predicted octanol–water partition coefficient (Wildman–Crippen LogP) is 3.79. The second-order valence-corrected chi connectivity index (χ2v) is 4.33. The molecule has 0 amide bonds. The van der Waals surface area contributed by atoms with Gasteiger partial charge in [0.15, 0.2) is 5.75 Å². The van der Waals surface area contributed by atoms with Gasteiger partial charge in [0.05, 0.1) is 16.0 Å². The molecule has 19 heavy (non-hydrogen) atoms. The molecule has 8 heteroatoms. The van der Waals surface area contributed by atoms with Gasteiger partial charge in [0.1, 0.15) is 11.5 Å². The Morgan fingerprint density at radius 2 is 2.05 bits per heavy atom. The van der Waals surface area contributed by atoms with Gasteiger partial charge < -0.3 is 4.74 Å². The van der Waals surface area contributed by atoms with Crippen LogP contribution in [0.25, 0.3) is 0 Å². The Bertz CT molecular complexity index is 649. The van der Waals surface area contributed by atoms with Crippen molar-refractivity contribution in [2.45, 2.75) is 6.92 Å². The fraction of sp³-hybridized carbons (Fsp3) is 0.0909. The second-order valence-electron chi connectivity index (χ2n) is 3.57. The van der Waals surface area contributed by atoms with Gasteiger partial charge in [-0.2, -0.15) is 0 Å². The van der Waals surface area contributed by atoms with Gasteiger partial charge in [0, 0.05) is 11.6 Å². The lowest BCUT2D eigenvalue weighted by Gasteiger charge is -2.08. The molecule has 2 aromatic rings. The summed E-state index contributed by atoms with van der Waals surface area (Å²) in [7, 11) is 0. The van der Waals surface area contributed by atoms with Crippen LogP contribution in [0.5, 0.6) is 11.6 Å². The Hall–Kier alpha value is -1.92. The van der Waals surface area contributed by atoms with Gasteiger partial charge in [0.2, 0.25) is 5.88 Å². The number of benzene rings is 1. The Morgan fingerprint density at radius 1 is 1.32 bits per heavy atom. The highest BCUT2D eigenvalue weighted by Crippen LogP contribution is 2.33. The SMILES string of the molecule is Cc1c(Cl)ncnc1Oc1cc([N+](=O)[O-])ccc1Cl. The van der Waals surface area contributed by atoms with E-state index in [4.69, 9.17) is 27.9 Å². The number of non-ortho nitro benzene ring substituents is 1. The first kappa shape index (κ1) is 13.5. The molecule has 2 rings (SSSR count). The molecule has 1 aromatic carbocycles. The molecular weight excluding hydrogens is 293 g/mol. The number of hydrogen-bond donors (Lipinski definition) is 0. The number of hydrogen-bond acceptors (Lipinski definition) is 5. The number of rotatable bonds is 3. The summed E-state index contributed by atoms with van der Waals surface area (Å²) in [5.74, 6) is 0.330. The summed E-state index contributed by atoms with van der Waals surface area (Å²) in [5.41, 5.74) is 0.393. The van der Waals surface area contributed by atoms with Crippen LogP contribution in [0.2, 0.25) is 10.2 Å². The van der Waals surface area contributed by atoms with Crippen molar-refractivity contribution in [3.63, 3.8) is 0 Å². The van der Waals surface area contributed by atoms with Crippen molar-refractivity contribution in [1.82, 2.24) is 9.97 Å². The highest BCUT2D eigenvalue weighted by molar-refractivity contribution is 6.32. The van der Waals surface area contributed by atoms with Crippen molar-refractivity contribution < 1.29 is 9.66 Å². The van der Waals surface area contributed by atoms with Gasteiger partial charge in [-0.3, -0.25) is 10.1 Å². The van der Waals surface area contributed by atoms with Crippen molar-refractivity contribution in [2.24, 2.45) is 0 Å². The number of nitro groups is 1. The number of ether oxygens (including phenoxy) is 1. The number of nitrogens with zero attached hydrogens (tertiary/aromatic N) is 3. The lowest BCUT2D eigenvalue weighted by molar-refractivity contribution is -0.384. The first-order valence-corrected chi connectivity index (χ1v) is 5.83. The zero-order valence-electron chi connectivity index (χ0n) is 9.63. The van der Waals surface area contributed by atoms with Crippen molar-refractivity contribution in [2.75, 3.05) is 0 Å². The normalized spacial score (nSPS) is 10.3. The summed E-state index contributed by atoms with van der Waals surface area (Å²) >= 11 is 11.7. The van der Waals surface area contributed by atoms with Crippen molar-refractivity contribution in [1.29, 1.82) is 0 Å². The zero-order chi connectivity index (χ0) is 14.0. The van der Waals surface area contributed by atoms with Crippen LogP contribution in [0.3, 0.4) is 0 Å². The van der Waals surface area contributed by atoms with Crippen molar-refractivity contribution in [3.05, 3.63) is 50.4 Å². The summed E-state index contributed by atoms with van der Waals surface area (Å²) in [6.07, 6.45) is 1.23. The Morgan fingerprint density at radius 3 is 2.74 bits per heavy atom. The molecule has 0 saturated carbocycles. The van der Waals surface area contributed by atoms with Gasteiger partial charge in [-0.1, -0.05) is 23.2 Å². The molecule has 0 aliphatic rings. The Kier molecular flexibility index (Phi) is 3.82. The summed E-state index contributed by atoms with van der Waals surface area (Å²) in [6, 6.07) is 3.89. The lowest BCUT2D eigenvalue weighted by atomic mass is 10.3. The van der Waals surface area contributed by atoms with Crippen LogP contribution < -0.4 is 4.74 Å². The van der Waals surface area contributed by atoms with Gasteiger partial charge >= 0.3 is 0 Å². The second kappa shape index (κ2) is 5.38. The molecule has 0 spiro atoms. The zero-order valence-corrected chi connectivity index (χ0v) is 11.1. The highest BCUT2D eigenvalue weighted by atomic mass is 35.5. The van der Waals surface area contributed by atoms with E-state index < -0.39 is 4.92 Å². The van der Waals surface area contributed by atoms with Gasteiger partial charge in [-0.05, 0) is 13.0 Å². The van der Waals surface area contributed by atoms with Crippen molar-refractivity contribution in [3.8, 4) is 11.6 Å². The predicted molar refractivity (Wildman–Crippen MR) is 70.0 cm³/mol. The molecule has 0 bridgehead atoms. The molecule has 0 aliphatic heterocycles. The van der Waals surface area contributed by atoms with E-state index in [1.54, 1.807) is 6.92 Å². The minimum absolute atomic E-state index is 0.128. The number of halogens is 2. The third kappa shape index (κ3) is 2.91. The summed E-state index contributed by atoms with van der Waals surface area (Å²) in [6.45, 7) is 1.67. The van der Waals surface area contributed by atoms with Crippen LogP contribution >= 0.6 is 23.2 Å². The standard InChI is InChI=1S/C11H7Cl2N3O3/c1-6-10(13)14-5-15-11(6)19-9-4-7(16(17)18)2-3-8(9)12/h2-5H,1H3. The summed E-state index contributed by atoms with van der Waals surface area (Å²) in [4.78, 5) is 17.8. The minimum Gasteiger partial charge on any atom is -0.437 e. The molecule has 0 fully saturated rings. The fourth-order valence-electron chi connectivity index (χ4n) is 1.30. The monoisotopic (exact) mass is 299 g/mol. The Balaban J connectivity index is 2.40. The van der Waals surface area contributed by atoms with Gasteiger partial charge in [-0.15, -0.1) is 0 Å². The first-order chi connectivity index (χ1) is 8.99. The van der Waals surface area contributed by atoms with E-state index in [1.807, 2.05) is 0 Å². The lowest BCUT2D eigenvalue weighted by Crippen LogP contribution is -1.95.